The van der Waals surface area contributed by atoms with Crippen LogP contribution in [0, 0.1) is 5.82 Å². The molecule has 3 fully saturated rings. The van der Waals surface area contributed by atoms with Crippen LogP contribution in [0.1, 0.15) is 68.4 Å². The summed E-state index contributed by atoms with van der Waals surface area (Å²) in [6.45, 7) is 6.69. The molecule has 5 heterocycles. The average molecular weight is 662 g/mol. The van der Waals surface area contributed by atoms with Crippen LogP contribution in [0.5, 0.6) is 5.88 Å². The number of pyridine rings is 1. The summed E-state index contributed by atoms with van der Waals surface area (Å²) in [7, 11) is 0. The van der Waals surface area contributed by atoms with Gasteiger partial charge in [0.1, 0.15) is 23.8 Å². The third-order valence-corrected chi connectivity index (χ3v) is 9.96. The van der Waals surface area contributed by atoms with Gasteiger partial charge in [0.25, 0.3) is 5.91 Å². The molecule has 7 rings (SSSR count). The van der Waals surface area contributed by atoms with Crippen molar-refractivity contribution in [3.8, 4) is 5.88 Å². The molecule has 2 aromatic carbocycles. The fourth-order valence-electron chi connectivity index (χ4n) is 6.71. The maximum absolute atomic E-state index is 14.2. The molecule has 0 bridgehead atoms. The van der Waals surface area contributed by atoms with Crippen LogP contribution in [-0.2, 0) is 34.0 Å². The lowest BCUT2D eigenvalue weighted by atomic mass is 9.93. The standard InChI is InChI=1S/C36H41ClFN5O4/c1-36(14-2-3-17-47-36)35(44)39-27-9-10-32-31(20-27)40-33(43(32)21-28-13-18-45-28)22-42-15-11-24(12-16-42)30-5-4-6-34(41-30)46-23-25-7-8-26(37)19-29(25)38/h4-10,19-20,24,28H,2-3,11-18,21-23H2,1H3,(H,39,44). The van der Waals surface area contributed by atoms with Crippen molar-refractivity contribution in [3.05, 3.63) is 82.5 Å². The van der Waals surface area contributed by atoms with Gasteiger partial charge in [-0.25, -0.2) is 14.4 Å². The first-order chi connectivity index (χ1) is 22.8. The van der Waals surface area contributed by atoms with Gasteiger partial charge >= 0.3 is 0 Å². The highest BCUT2D eigenvalue weighted by molar-refractivity contribution is 6.30. The molecule has 248 valence electrons. The van der Waals surface area contributed by atoms with Gasteiger partial charge in [0, 0.05) is 47.2 Å². The van der Waals surface area contributed by atoms with Crippen LogP contribution in [0.25, 0.3) is 11.0 Å². The number of aromatic nitrogens is 3. The van der Waals surface area contributed by atoms with Gasteiger partial charge in [-0.3, -0.25) is 9.69 Å². The summed E-state index contributed by atoms with van der Waals surface area (Å²) in [5, 5.41) is 3.44. The number of likely N-dealkylation sites (tertiary alicyclic amines) is 1. The lowest BCUT2D eigenvalue weighted by Crippen LogP contribution is -2.44. The van der Waals surface area contributed by atoms with E-state index in [-0.39, 0.29) is 24.4 Å². The topological polar surface area (TPSA) is 90.7 Å². The highest BCUT2D eigenvalue weighted by Crippen LogP contribution is 2.31. The van der Waals surface area contributed by atoms with Crippen molar-refractivity contribution < 1.29 is 23.4 Å². The maximum Gasteiger partial charge on any atom is 0.256 e. The van der Waals surface area contributed by atoms with E-state index >= 15 is 0 Å². The van der Waals surface area contributed by atoms with Gasteiger partial charge in [-0.1, -0.05) is 23.7 Å². The molecule has 2 atom stereocenters. The highest BCUT2D eigenvalue weighted by atomic mass is 35.5. The largest absolute Gasteiger partial charge is 0.473 e. The van der Waals surface area contributed by atoms with Gasteiger partial charge in [0.2, 0.25) is 5.88 Å². The fourth-order valence-corrected chi connectivity index (χ4v) is 6.86. The quantitative estimate of drug-likeness (QED) is 0.198. The van der Waals surface area contributed by atoms with Crippen molar-refractivity contribution in [2.24, 2.45) is 0 Å². The summed E-state index contributed by atoms with van der Waals surface area (Å²) in [6.07, 6.45) is 5.86. The predicted molar refractivity (Wildman–Crippen MR) is 178 cm³/mol. The Bertz CT molecular complexity index is 1730. The zero-order valence-corrected chi connectivity index (χ0v) is 27.5. The maximum atomic E-state index is 14.2. The molecule has 2 unspecified atom stereocenters. The minimum atomic E-state index is -0.800. The van der Waals surface area contributed by atoms with Crippen molar-refractivity contribution in [2.75, 3.05) is 31.6 Å². The summed E-state index contributed by atoms with van der Waals surface area (Å²) in [5.41, 5.74) is 3.27. The molecule has 3 aliphatic heterocycles. The molecule has 47 heavy (non-hydrogen) atoms. The van der Waals surface area contributed by atoms with E-state index in [9.17, 15) is 9.18 Å². The Hall–Kier alpha value is -3.57. The average Bonchev–Trinajstić information content (AvgIpc) is 3.38. The van der Waals surface area contributed by atoms with Gasteiger partial charge in [0.15, 0.2) is 0 Å². The number of nitrogens with one attached hydrogen (secondary N) is 1. The summed E-state index contributed by atoms with van der Waals surface area (Å²) >= 11 is 5.88. The zero-order chi connectivity index (χ0) is 32.4. The SMILES string of the molecule is CC1(C(=O)Nc2ccc3c(c2)nc(CN2CCC(c4cccc(OCc5ccc(Cl)cc5F)n4)CC2)n3CC2CCO2)CCCCO1. The first-order valence-electron chi connectivity index (χ1n) is 16.7. The van der Waals surface area contributed by atoms with E-state index < -0.39 is 5.60 Å². The molecule has 9 nitrogen and oxygen atoms in total. The Labute approximate surface area is 279 Å². The molecule has 1 N–H and O–H groups in total. The Morgan fingerprint density at radius 3 is 2.68 bits per heavy atom. The van der Waals surface area contributed by atoms with Crippen LogP contribution in [-0.4, -0.2) is 63.4 Å². The van der Waals surface area contributed by atoms with Crippen LogP contribution in [0.15, 0.2) is 54.6 Å². The van der Waals surface area contributed by atoms with Crippen LogP contribution in [0.3, 0.4) is 0 Å². The molecule has 4 aromatic rings. The van der Waals surface area contributed by atoms with Crippen molar-refractivity contribution in [2.45, 2.75) is 82.8 Å². The highest BCUT2D eigenvalue weighted by Gasteiger charge is 2.36. The van der Waals surface area contributed by atoms with Crippen LogP contribution < -0.4 is 10.1 Å². The summed E-state index contributed by atoms with van der Waals surface area (Å²) in [4.78, 5) is 25.4. The summed E-state index contributed by atoms with van der Waals surface area (Å²) < 4.78 is 34.0. The number of imidazole rings is 1. The number of ether oxygens (including phenoxy) is 3. The molecule has 3 saturated heterocycles. The number of amides is 1. The second-order valence-corrected chi connectivity index (χ2v) is 13.5. The molecule has 1 amide bonds. The molecule has 2 aromatic heterocycles. The smallest absolute Gasteiger partial charge is 0.256 e. The first kappa shape index (κ1) is 32.0. The van der Waals surface area contributed by atoms with Crippen molar-refractivity contribution in [1.29, 1.82) is 0 Å². The monoisotopic (exact) mass is 661 g/mol. The normalized spacial score (nSPS) is 22.2. The molecular weight excluding hydrogens is 621 g/mol. The Morgan fingerprint density at radius 1 is 1.09 bits per heavy atom. The summed E-state index contributed by atoms with van der Waals surface area (Å²) in [5.74, 6) is 1.31. The van der Waals surface area contributed by atoms with Crippen molar-refractivity contribution in [1.82, 2.24) is 19.4 Å². The van der Waals surface area contributed by atoms with Crippen molar-refractivity contribution in [3.63, 3.8) is 0 Å². The Kier molecular flexibility index (Phi) is 9.45. The van der Waals surface area contributed by atoms with E-state index in [4.69, 9.17) is 35.8 Å². The van der Waals surface area contributed by atoms with E-state index in [1.807, 2.05) is 37.3 Å². The van der Waals surface area contributed by atoms with Gasteiger partial charge in [-0.05, 0) is 94.9 Å². The number of anilines is 1. The number of carbonyl (C=O) groups excluding carboxylic acids is 1. The number of halogens is 2. The number of benzene rings is 2. The minimum absolute atomic E-state index is 0.0897. The second kappa shape index (κ2) is 13.9. The number of carbonyl (C=O) groups is 1. The van der Waals surface area contributed by atoms with E-state index in [2.05, 4.69) is 20.9 Å². The van der Waals surface area contributed by atoms with E-state index in [1.165, 1.54) is 6.07 Å². The lowest BCUT2D eigenvalue weighted by molar-refractivity contribution is -0.144. The second-order valence-electron chi connectivity index (χ2n) is 13.1. The zero-order valence-electron chi connectivity index (χ0n) is 26.7. The van der Waals surface area contributed by atoms with Crippen LogP contribution in [0.4, 0.5) is 10.1 Å². The van der Waals surface area contributed by atoms with Crippen molar-refractivity contribution >= 4 is 34.2 Å². The number of hydrogen-bond donors (Lipinski definition) is 1. The van der Waals surface area contributed by atoms with Gasteiger partial charge in [-0.2, -0.15) is 0 Å². The minimum Gasteiger partial charge on any atom is -0.473 e. The van der Waals surface area contributed by atoms with E-state index in [1.54, 1.807) is 12.1 Å². The number of nitrogens with zero attached hydrogens (tertiary/aromatic N) is 4. The number of fused-ring (bicyclic) bond motifs is 1. The third kappa shape index (κ3) is 7.31. The van der Waals surface area contributed by atoms with Gasteiger partial charge in [-0.15, -0.1) is 0 Å². The van der Waals surface area contributed by atoms with E-state index in [0.717, 1.165) is 99.5 Å². The molecule has 0 saturated carbocycles. The van der Waals surface area contributed by atoms with E-state index in [0.29, 0.717) is 29.0 Å². The summed E-state index contributed by atoms with van der Waals surface area (Å²) in [6, 6.07) is 16.4. The first-order valence-corrected chi connectivity index (χ1v) is 17.0. The number of hydrogen-bond acceptors (Lipinski definition) is 7. The number of rotatable bonds is 10. The predicted octanol–water partition coefficient (Wildman–Crippen LogP) is 6.87. The van der Waals surface area contributed by atoms with Gasteiger partial charge in [0.05, 0.1) is 30.2 Å². The Morgan fingerprint density at radius 2 is 1.94 bits per heavy atom. The third-order valence-electron chi connectivity index (χ3n) is 9.72. The number of piperidine rings is 1. The molecule has 0 spiro atoms. The fraction of sp³-hybridized carbons (Fsp3) is 0.472. The molecule has 11 heteroatoms. The molecular formula is C36H41ClFN5O4. The van der Waals surface area contributed by atoms with Crippen LogP contribution in [0.2, 0.25) is 5.02 Å². The van der Waals surface area contributed by atoms with Gasteiger partial charge < -0.3 is 24.1 Å². The molecule has 3 aliphatic rings. The Balaban J connectivity index is 1.00. The van der Waals surface area contributed by atoms with Crippen LogP contribution >= 0.6 is 11.6 Å². The molecule has 0 radical (unpaired) electrons. The lowest BCUT2D eigenvalue weighted by Gasteiger charge is -2.32. The molecule has 0 aliphatic carbocycles.